The van der Waals surface area contributed by atoms with Crippen molar-refractivity contribution in [2.75, 3.05) is 25.0 Å². The van der Waals surface area contributed by atoms with Crippen molar-refractivity contribution in [1.29, 1.82) is 0 Å². The Labute approximate surface area is 216 Å². The van der Waals surface area contributed by atoms with Crippen molar-refractivity contribution in [3.63, 3.8) is 0 Å². The summed E-state index contributed by atoms with van der Waals surface area (Å²) in [5.41, 5.74) is 4.73. The maximum absolute atomic E-state index is 12.3. The Morgan fingerprint density at radius 1 is 1.03 bits per heavy atom. The van der Waals surface area contributed by atoms with Crippen molar-refractivity contribution in [3.8, 4) is 0 Å². The van der Waals surface area contributed by atoms with Gasteiger partial charge in [-0.05, 0) is 80.1 Å². The minimum atomic E-state index is -0.586. The van der Waals surface area contributed by atoms with Gasteiger partial charge in [0.05, 0.1) is 0 Å². The largest absolute Gasteiger partial charge is 0.361 e. The molecule has 5 rings (SSSR count). The maximum Gasteiger partial charge on any atom is 0.291 e. The number of unbranched alkanes of at least 4 members (excludes halogenated alkanes) is 1. The van der Waals surface area contributed by atoms with Crippen LogP contribution in [-0.2, 0) is 16.0 Å². The van der Waals surface area contributed by atoms with Gasteiger partial charge in [-0.25, -0.2) is 0 Å². The van der Waals surface area contributed by atoms with Gasteiger partial charge in [-0.3, -0.25) is 14.4 Å². The van der Waals surface area contributed by atoms with Crippen LogP contribution in [0.5, 0.6) is 0 Å². The third-order valence-corrected chi connectivity index (χ3v) is 7.54. The summed E-state index contributed by atoms with van der Waals surface area (Å²) in [5, 5.41) is 4.95. The summed E-state index contributed by atoms with van der Waals surface area (Å²) >= 11 is 0. The highest BCUT2D eigenvalue weighted by atomic mass is 16.2. The molecule has 3 N–H and O–H groups in total. The fourth-order valence-corrected chi connectivity index (χ4v) is 5.44. The molecular formula is C30H34N4O3. The second-order valence-corrected chi connectivity index (χ2v) is 10.1. The van der Waals surface area contributed by atoms with Crippen molar-refractivity contribution in [2.24, 2.45) is 0 Å². The van der Waals surface area contributed by atoms with Gasteiger partial charge in [0.1, 0.15) is 0 Å². The van der Waals surface area contributed by atoms with E-state index in [1.807, 2.05) is 13.0 Å². The molecule has 2 aromatic heterocycles. The number of aromatic amines is 2. The van der Waals surface area contributed by atoms with Crippen molar-refractivity contribution in [2.45, 2.75) is 51.4 Å². The van der Waals surface area contributed by atoms with Crippen LogP contribution in [0.25, 0.3) is 21.8 Å². The highest BCUT2D eigenvalue weighted by Crippen LogP contribution is 2.33. The number of nitrogens with one attached hydrogen (secondary N) is 3. The number of ketones is 1. The molecule has 0 spiro atoms. The molecule has 192 valence electrons. The first-order valence-electron chi connectivity index (χ1n) is 13.3. The van der Waals surface area contributed by atoms with Crippen molar-refractivity contribution in [1.82, 2.24) is 14.9 Å². The first-order valence-corrected chi connectivity index (χ1v) is 13.3. The molecule has 1 aliphatic rings. The first-order chi connectivity index (χ1) is 18.0. The molecule has 2 aromatic carbocycles. The van der Waals surface area contributed by atoms with E-state index in [0.717, 1.165) is 61.8 Å². The molecule has 7 nitrogen and oxygen atoms in total. The van der Waals surface area contributed by atoms with E-state index in [0.29, 0.717) is 18.0 Å². The van der Waals surface area contributed by atoms with Crippen molar-refractivity contribution in [3.05, 3.63) is 76.2 Å². The number of fused-ring (bicyclic) bond motifs is 2. The van der Waals surface area contributed by atoms with Crippen LogP contribution in [0, 0.1) is 0 Å². The molecule has 1 amide bonds. The molecule has 7 heteroatoms. The Morgan fingerprint density at radius 3 is 2.65 bits per heavy atom. The molecule has 1 saturated heterocycles. The number of rotatable bonds is 9. The summed E-state index contributed by atoms with van der Waals surface area (Å²) in [6.07, 6.45) is 6.96. The molecule has 37 heavy (non-hydrogen) atoms. The average molecular weight is 499 g/mol. The van der Waals surface area contributed by atoms with Crippen molar-refractivity contribution < 1.29 is 9.59 Å². The minimum Gasteiger partial charge on any atom is -0.361 e. The number of piperidine rings is 1. The molecule has 1 aliphatic heterocycles. The number of nitrogens with zero attached hydrogens (tertiary/aromatic N) is 1. The number of anilines is 1. The quantitative estimate of drug-likeness (QED) is 0.279. The Bertz CT molecular complexity index is 1480. The van der Waals surface area contributed by atoms with Crippen LogP contribution in [0.2, 0.25) is 0 Å². The summed E-state index contributed by atoms with van der Waals surface area (Å²) in [5.74, 6) is -0.435. The number of carbonyl (C=O) groups excluding carboxylic acids is 2. The monoisotopic (exact) mass is 498 g/mol. The predicted octanol–water partition coefficient (Wildman–Crippen LogP) is 5.13. The number of amides is 1. The van der Waals surface area contributed by atoms with E-state index in [2.05, 4.69) is 50.6 Å². The normalized spacial score (nSPS) is 14.8. The van der Waals surface area contributed by atoms with Crippen LogP contribution in [-0.4, -0.2) is 46.2 Å². The van der Waals surface area contributed by atoms with Crippen molar-refractivity contribution >= 4 is 39.2 Å². The summed E-state index contributed by atoms with van der Waals surface area (Å²) in [7, 11) is 0. The van der Waals surface area contributed by atoms with E-state index < -0.39 is 11.7 Å². The van der Waals surface area contributed by atoms with Gasteiger partial charge >= 0.3 is 0 Å². The van der Waals surface area contributed by atoms with Crippen LogP contribution in [0.3, 0.4) is 0 Å². The van der Waals surface area contributed by atoms with Gasteiger partial charge in [-0.1, -0.05) is 31.5 Å². The Balaban J connectivity index is 1.24. The fraction of sp³-hybridized carbons (Fsp3) is 0.367. The van der Waals surface area contributed by atoms with E-state index in [-0.39, 0.29) is 12.0 Å². The van der Waals surface area contributed by atoms with Gasteiger partial charge in [0.15, 0.2) is 0 Å². The molecule has 0 aliphatic carbocycles. The number of benzene rings is 2. The van der Waals surface area contributed by atoms with Gasteiger partial charge in [-0.2, -0.15) is 0 Å². The Morgan fingerprint density at radius 2 is 1.84 bits per heavy atom. The van der Waals surface area contributed by atoms with E-state index in [1.165, 1.54) is 16.5 Å². The molecule has 3 heterocycles. The SMILES string of the molecule is CCCCC(=O)C(=O)Nc1ccc2[nH]c(=O)cc(CCN3CCC(c4c[nH]c5ccccc45)CC3)c2c1. The second-order valence-electron chi connectivity index (χ2n) is 10.1. The van der Waals surface area contributed by atoms with Gasteiger partial charge in [0, 0.05) is 52.7 Å². The van der Waals surface area contributed by atoms with Crippen LogP contribution >= 0.6 is 0 Å². The summed E-state index contributed by atoms with van der Waals surface area (Å²) in [6, 6.07) is 15.5. The zero-order valence-corrected chi connectivity index (χ0v) is 21.3. The van der Waals surface area contributed by atoms with Gasteiger partial charge in [0.2, 0.25) is 11.3 Å². The Kier molecular flexibility index (Phi) is 7.51. The third kappa shape index (κ3) is 5.67. The summed E-state index contributed by atoms with van der Waals surface area (Å²) in [4.78, 5) is 45.4. The Hall–Kier alpha value is -3.71. The number of hydrogen-bond acceptors (Lipinski definition) is 4. The second kappa shape index (κ2) is 11.1. The van der Waals surface area contributed by atoms with E-state index in [4.69, 9.17) is 0 Å². The molecule has 0 atom stereocenters. The fourth-order valence-electron chi connectivity index (χ4n) is 5.44. The summed E-state index contributed by atoms with van der Waals surface area (Å²) < 4.78 is 0. The number of hydrogen-bond donors (Lipinski definition) is 3. The maximum atomic E-state index is 12.3. The molecule has 0 saturated carbocycles. The zero-order valence-electron chi connectivity index (χ0n) is 21.3. The van der Waals surface area contributed by atoms with Crippen LogP contribution in [0.4, 0.5) is 5.69 Å². The van der Waals surface area contributed by atoms with E-state index >= 15 is 0 Å². The number of aromatic nitrogens is 2. The lowest BCUT2D eigenvalue weighted by atomic mass is 9.89. The number of Topliss-reactive ketones (excluding diaryl/α,β-unsaturated/α-hetero) is 1. The highest BCUT2D eigenvalue weighted by Gasteiger charge is 2.23. The predicted molar refractivity (Wildman–Crippen MR) is 148 cm³/mol. The molecule has 0 radical (unpaired) electrons. The molecular weight excluding hydrogens is 464 g/mol. The van der Waals surface area contributed by atoms with Gasteiger partial charge < -0.3 is 20.2 Å². The van der Waals surface area contributed by atoms with Gasteiger partial charge in [-0.15, -0.1) is 0 Å². The highest BCUT2D eigenvalue weighted by molar-refractivity contribution is 6.40. The van der Waals surface area contributed by atoms with Crippen LogP contribution in [0.15, 0.2) is 59.5 Å². The lowest BCUT2D eigenvalue weighted by Gasteiger charge is -2.32. The topological polar surface area (TPSA) is 98.1 Å². The van der Waals surface area contributed by atoms with Crippen LogP contribution < -0.4 is 10.9 Å². The number of H-pyrrole nitrogens is 2. The average Bonchev–Trinajstić information content (AvgIpc) is 3.35. The number of carbonyl (C=O) groups is 2. The molecule has 1 fully saturated rings. The third-order valence-electron chi connectivity index (χ3n) is 7.54. The van der Waals surface area contributed by atoms with E-state index in [1.54, 1.807) is 18.2 Å². The lowest BCUT2D eigenvalue weighted by molar-refractivity contribution is -0.134. The molecule has 0 bridgehead atoms. The standard InChI is InChI=1S/C30H34N4O3/c1-2-3-8-28(35)30(37)32-22-9-10-27-24(18-22)21(17-29(36)33-27)13-16-34-14-11-20(12-15-34)25-19-31-26-7-5-4-6-23(25)26/h4-7,9-10,17-20,31H,2-3,8,11-16H2,1H3,(H,32,37)(H,33,36). The first kappa shape index (κ1) is 25.0. The van der Waals surface area contributed by atoms with Crippen LogP contribution in [0.1, 0.15) is 56.1 Å². The number of likely N-dealkylation sites (tertiary alicyclic amines) is 1. The number of pyridine rings is 1. The van der Waals surface area contributed by atoms with E-state index in [9.17, 15) is 14.4 Å². The molecule has 0 unspecified atom stereocenters. The number of para-hydroxylation sites is 1. The van der Waals surface area contributed by atoms with Gasteiger partial charge in [0.25, 0.3) is 5.91 Å². The summed E-state index contributed by atoms with van der Waals surface area (Å²) in [6.45, 7) is 4.90. The molecule has 4 aromatic rings. The smallest absolute Gasteiger partial charge is 0.291 e. The zero-order chi connectivity index (χ0) is 25.8. The minimum absolute atomic E-state index is 0.132. The lowest BCUT2D eigenvalue weighted by Crippen LogP contribution is -2.34.